The van der Waals surface area contributed by atoms with Crippen LogP contribution in [0, 0.1) is 5.21 Å². The molecular weight excluding hydrogens is 250 g/mol. The van der Waals surface area contributed by atoms with Crippen molar-refractivity contribution in [2.75, 3.05) is 13.2 Å². The quantitative estimate of drug-likeness (QED) is 0.387. The zero-order valence-electron chi connectivity index (χ0n) is 10.3. The van der Waals surface area contributed by atoms with Crippen molar-refractivity contribution in [3.63, 3.8) is 0 Å². The molecule has 0 aliphatic heterocycles. The zero-order chi connectivity index (χ0) is 13.7. The first-order valence-electron chi connectivity index (χ1n) is 5.74. The highest BCUT2D eigenvalue weighted by molar-refractivity contribution is 5.88. The lowest BCUT2D eigenvalue weighted by Gasteiger charge is -1.99. The molecule has 1 aromatic heterocycles. The van der Waals surface area contributed by atoms with Crippen molar-refractivity contribution in [3.05, 3.63) is 35.7 Å². The van der Waals surface area contributed by atoms with Crippen molar-refractivity contribution in [2.45, 2.75) is 6.92 Å². The van der Waals surface area contributed by atoms with E-state index in [2.05, 4.69) is 19.8 Å². The van der Waals surface area contributed by atoms with E-state index in [0.29, 0.717) is 10.5 Å². The highest BCUT2D eigenvalue weighted by Crippen LogP contribution is 2.24. The maximum absolute atomic E-state index is 11.7. The van der Waals surface area contributed by atoms with Crippen LogP contribution >= 0.6 is 0 Å². The molecule has 0 aliphatic rings. The van der Waals surface area contributed by atoms with Crippen LogP contribution in [-0.4, -0.2) is 29.0 Å². The first-order valence-corrected chi connectivity index (χ1v) is 5.74. The summed E-state index contributed by atoms with van der Waals surface area (Å²) in [7, 11) is 0. The third kappa shape index (κ3) is 3.01. The van der Waals surface area contributed by atoms with Crippen LogP contribution in [0.15, 0.2) is 35.7 Å². The van der Waals surface area contributed by atoms with Gasteiger partial charge in [0.1, 0.15) is 0 Å². The molecule has 0 atom stereocenters. The number of nitrogens with one attached hydrogen (secondary N) is 1. The maximum atomic E-state index is 11.7. The number of nitrogens with zero attached hydrogens (tertiary/aromatic N) is 2. The van der Waals surface area contributed by atoms with Gasteiger partial charge in [-0.25, -0.2) is 4.79 Å². The Kier molecular flexibility index (Phi) is 3.97. The standard InChI is InChI=1S/C12H13N3O4/c1-2-18-12(16)8-19-14-15(17)11-7-13-10-6-4-3-5-9(10)11/h3-7,13H,2,8H2,1H3/b15-14+. The number of aromatic nitrogens is 1. The van der Waals surface area contributed by atoms with E-state index in [0.717, 1.165) is 10.9 Å². The molecule has 2 aromatic rings. The third-order valence-corrected chi connectivity index (χ3v) is 2.39. The van der Waals surface area contributed by atoms with Crippen molar-refractivity contribution in [3.8, 4) is 0 Å². The van der Waals surface area contributed by atoms with Gasteiger partial charge in [-0.15, -0.1) is 0 Å². The van der Waals surface area contributed by atoms with E-state index in [9.17, 15) is 10.0 Å². The highest BCUT2D eigenvalue weighted by Gasteiger charge is 2.12. The molecule has 0 radical (unpaired) electrons. The predicted molar refractivity (Wildman–Crippen MR) is 66.6 cm³/mol. The average Bonchev–Trinajstić information content (AvgIpc) is 2.82. The number of benzene rings is 1. The van der Waals surface area contributed by atoms with E-state index in [1.807, 2.05) is 18.2 Å². The Labute approximate surface area is 109 Å². The van der Waals surface area contributed by atoms with E-state index >= 15 is 0 Å². The molecule has 0 unspecified atom stereocenters. The normalized spacial score (nSPS) is 11.5. The van der Waals surface area contributed by atoms with Gasteiger partial charge in [-0.2, -0.15) is 0 Å². The van der Waals surface area contributed by atoms with E-state index in [1.165, 1.54) is 6.20 Å². The van der Waals surface area contributed by atoms with E-state index in [4.69, 9.17) is 0 Å². The monoisotopic (exact) mass is 263 g/mol. The number of fused-ring (bicyclic) bond motifs is 1. The molecule has 2 rings (SSSR count). The molecule has 1 N–H and O–H groups in total. The molecule has 0 saturated carbocycles. The summed E-state index contributed by atoms with van der Waals surface area (Å²) < 4.78 is 4.63. The number of carbonyl (C=O) groups excluding carboxylic acids is 1. The Morgan fingerprint density at radius 1 is 1.47 bits per heavy atom. The van der Waals surface area contributed by atoms with Gasteiger partial charge in [0.15, 0.2) is 0 Å². The fourth-order valence-electron chi connectivity index (χ4n) is 1.60. The lowest BCUT2D eigenvalue weighted by atomic mass is 10.2. The summed E-state index contributed by atoms with van der Waals surface area (Å²) in [4.78, 5) is 18.9. The largest absolute Gasteiger partial charge is 0.592 e. The number of ether oxygens (including phenoxy) is 1. The van der Waals surface area contributed by atoms with Gasteiger partial charge in [-0.1, -0.05) is 12.1 Å². The molecule has 1 aromatic carbocycles. The van der Waals surface area contributed by atoms with Gasteiger partial charge < -0.3 is 19.8 Å². The van der Waals surface area contributed by atoms with Gasteiger partial charge in [-0.05, 0) is 23.9 Å². The minimum Gasteiger partial charge on any atom is -0.592 e. The number of hydrogen-bond donors (Lipinski definition) is 1. The Bertz CT molecular complexity index is 606. The lowest BCUT2D eigenvalue weighted by Crippen LogP contribution is -2.11. The molecule has 0 saturated heterocycles. The van der Waals surface area contributed by atoms with Crippen molar-refractivity contribution >= 4 is 22.6 Å². The van der Waals surface area contributed by atoms with Gasteiger partial charge in [0.2, 0.25) is 11.9 Å². The van der Waals surface area contributed by atoms with Gasteiger partial charge in [0.25, 0.3) is 5.69 Å². The number of carbonyl (C=O) groups is 1. The van der Waals surface area contributed by atoms with Crippen molar-refractivity contribution < 1.29 is 19.2 Å². The first-order chi connectivity index (χ1) is 9.22. The number of aromatic amines is 1. The number of esters is 1. The Morgan fingerprint density at radius 3 is 3.05 bits per heavy atom. The fraction of sp³-hybridized carbons (Fsp3) is 0.250. The Morgan fingerprint density at radius 2 is 2.26 bits per heavy atom. The van der Waals surface area contributed by atoms with Crippen molar-refractivity contribution in [2.24, 2.45) is 5.28 Å². The minimum atomic E-state index is -0.571. The summed E-state index contributed by atoms with van der Waals surface area (Å²) in [6.45, 7) is 1.54. The van der Waals surface area contributed by atoms with Gasteiger partial charge >= 0.3 is 5.97 Å². The second-order valence-corrected chi connectivity index (χ2v) is 3.65. The first kappa shape index (κ1) is 12.9. The SMILES string of the molecule is CCOC(=O)CO/N=[N+](/[O-])c1c[nH]c2ccccc12. The van der Waals surface area contributed by atoms with Crippen LogP contribution in [0.2, 0.25) is 0 Å². The van der Waals surface area contributed by atoms with Crippen LogP contribution < -0.4 is 0 Å². The van der Waals surface area contributed by atoms with Crippen LogP contribution in [0.4, 0.5) is 5.69 Å². The zero-order valence-corrected chi connectivity index (χ0v) is 10.3. The molecule has 1 heterocycles. The summed E-state index contributed by atoms with van der Waals surface area (Å²) in [6.07, 6.45) is 1.52. The van der Waals surface area contributed by atoms with Crippen molar-refractivity contribution in [1.82, 2.24) is 4.98 Å². The van der Waals surface area contributed by atoms with Crippen molar-refractivity contribution in [1.29, 1.82) is 0 Å². The summed E-state index contributed by atoms with van der Waals surface area (Å²) in [5.74, 6) is -0.571. The van der Waals surface area contributed by atoms with Crippen LogP contribution in [0.5, 0.6) is 0 Å². The second-order valence-electron chi connectivity index (χ2n) is 3.65. The maximum Gasteiger partial charge on any atom is 0.347 e. The molecule has 0 fully saturated rings. The molecule has 7 heteroatoms. The number of para-hydroxylation sites is 1. The van der Waals surface area contributed by atoms with E-state index in [-0.39, 0.29) is 6.61 Å². The smallest absolute Gasteiger partial charge is 0.347 e. The highest BCUT2D eigenvalue weighted by atomic mass is 16.7. The fourth-order valence-corrected chi connectivity index (χ4v) is 1.60. The van der Waals surface area contributed by atoms with Gasteiger partial charge in [0.05, 0.1) is 23.7 Å². The number of rotatable bonds is 5. The summed E-state index contributed by atoms with van der Waals surface area (Å²) >= 11 is 0. The molecule has 0 amide bonds. The number of H-pyrrole nitrogens is 1. The predicted octanol–water partition coefficient (Wildman–Crippen LogP) is 2.26. The molecule has 0 aliphatic carbocycles. The van der Waals surface area contributed by atoms with Gasteiger partial charge in [-0.3, -0.25) is 0 Å². The molecule has 19 heavy (non-hydrogen) atoms. The van der Waals surface area contributed by atoms with E-state index in [1.54, 1.807) is 13.0 Å². The van der Waals surface area contributed by atoms with E-state index < -0.39 is 12.6 Å². The van der Waals surface area contributed by atoms with Crippen LogP contribution in [0.3, 0.4) is 0 Å². The Balaban J connectivity index is 2.07. The molecule has 0 bridgehead atoms. The van der Waals surface area contributed by atoms with Crippen LogP contribution in [0.1, 0.15) is 6.92 Å². The Hall–Kier alpha value is -2.57. The average molecular weight is 263 g/mol. The summed E-state index contributed by atoms with van der Waals surface area (Å²) in [5.41, 5.74) is 1.14. The number of hydrogen-bond acceptors (Lipinski definition) is 5. The summed E-state index contributed by atoms with van der Waals surface area (Å²) in [5, 5.41) is 15.7. The van der Waals surface area contributed by atoms with Gasteiger partial charge in [0, 0.05) is 0 Å². The third-order valence-electron chi connectivity index (χ3n) is 2.39. The summed E-state index contributed by atoms with van der Waals surface area (Å²) in [6, 6.07) is 7.29. The van der Waals surface area contributed by atoms with Crippen LogP contribution in [-0.2, 0) is 14.4 Å². The molecule has 0 spiro atoms. The lowest BCUT2D eigenvalue weighted by molar-refractivity contribution is -0.476. The second kappa shape index (κ2) is 5.85. The molecule has 7 nitrogen and oxygen atoms in total. The molecule has 100 valence electrons. The molecular formula is C12H13N3O4. The topological polar surface area (TPSA) is 89.8 Å². The van der Waals surface area contributed by atoms with Crippen LogP contribution in [0.25, 0.3) is 10.9 Å². The minimum absolute atomic E-state index is 0.256.